The first kappa shape index (κ1) is 26.2. The number of aryl methyl sites for hydroxylation is 1. The normalized spacial score (nSPS) is 16.7. The minimum absolute atomic E-state index is 0.167. The summed E-state index contributed by atoms with van der Waals surface area (Å²) in [5.74, 6) is 1.09. The van der Waals surface area contributed by atoms with Crippen molar-refractivity contribution in [3.8, 4) is 11.8 Å². The topological polar surface area (TPSA) is 39.5 Å². The van der Waals surface area contributed by atoms with Crippen molar-refractivity contribution < 1.29 is 9.13 Å². The lowest BCUT2D eigenvalue weighted by Crippen LogP contribution is -2.47. The lowest BCUT2D eigenvalue weighted by atomic mass is 9.90. The molecule has 0 bridgehead atoms. The van der Waals surface area contributed by atoms with E-state index in [4.69, 9.17) is 4.74 Å². The molecule has 184 valence electrons. The fourth-order valence-electron chi connectivity index (χ4n) is 4.85. The third kappa shape index (κ3) is 7.82. The van der Waals surface area contributed by atoms with Crippen LogP contribution in [0.25, 0.3) is 0 Å². The van der Waals surface area contributed by atoms with Gasteiger partial charge in [-0.25, -0.2) is 4.39 Å². The van der Waals surface area contributed by atoms with Gasteiger partial charge in [-0.1, -0.05) is 26.0 Å². The summed E-state index contributed by atoms with van der Waals surface area (Å²) in [6, 6.07) is 14.9. The summed E-state index contributed by atoms with van der Waals surface area (Å²) in [6.07, 6.45) is 5.66. The van der Waals surface area contributed by atoms with Crippen LogP contribution >= 0.6 is 0 Å². The monoisotopic (exact) mass is 465 g/mol. The van der Waals surface area contributed by atoms with E-state index in [1.165, 1.54) is 30.5 Å². The van der Waals surface area contributed by atoms with Crippen LogP contribution in [0.3, 0.4) is 0 Å². The number of benzene rings is 2. The van der Waals surface area contributed by atoms with Crippen molar-refractivity contribution >= 4 is 0 Å². The maximum atomic E-state index is 13.1. The first-order valence-electron chi connectivity index (χ1n) is 12.9. The Morgan fingerprint density at radius 2 is 1.62 bits per heavy atom. The van der Waals surface area contributed by atoms with Crippen molar-refractivity contribution in [3.63, 3.8) is 0 Å². The number of nitriles is 1. The van der Waals surface area contributed by atoms with Crippen molar-refractivity contribution in [2.75, 3.05) is 39.3 Å². The lowest BCUT2D eigenvalue weighted by molar-refractivity contribution is 0.108. The number of hydrogen-bond donors (Lipinski definition) is 0. The van der Waals surface area contributed by atoms with Gasteiger partial charge in [0.25, 0.3) is 0 Å². The van der Waals surface area contributed by atoms with Gasteiger partial charge in [0.2, 0.25) is 0 Å². The van der Waals surface area contributed by atoms with E-state index >= 15 is 0 Å². The molecule has 0 amide bonds. The largest absolute Gasteiger partial charge is 0.490 e. The molecule has 1 aliphatic heterocycles. The number of nitrogens with zero attached hydrogens (tertiary/aromatic N) is 3. The Morgan fingerprint density at radius 1 is 0.941 bits per heavy atom. The summed E-state index contributed by atoms with van der Waals surface area (Å²) < 4.78 is 19.2. The fourth-order valence-corrected chi connectivity index (χ4v) is 4.85. The Hall–Kier alpha value is -2.42. The Kier molecular flexibility index (Phi) is 10.4. The first-order chi connectivity index (χ1) is 16.5. The third-order valence-electron chi connectivity index (χ3n) is 7.17. The smallest absolute Gasteiger partial charge is 0.123 e. The Morgan fingerprint density at radius 3 is 2.21 bits per heavy atom. The minimum atomic E-state index is -0.229. The van der Waals surface area contributed by atoms with Crippen molar-refractivity contribution in [1.82, 2.24) is 9.80 Å². The highest BCUT2D eigenvalue weighted by atomic mass is 19.1. The summed E-state index contributed by atoms with van der Waals surface area (Å²) >= 11 is 0. The third-order valence-corrected chi connectivity index (χ3v) is 7.17. The Labute approximate surface area is 205 Å². The van der Waals surface area contributed by atoms with E-state index in [0.29, 0.717) is 5.92 Å². The zero-order valence-electron chi connectivity index (χ0n) is 21.1. The van der Waals surface area contributed by atoms with Crippen molar-refractivity contribution in [2.24, 2.45) is 0 Å². The average molecular weight is 466 g/mol. The zero-order chi connectivity index (χ0) is 24.3. The van der Waals surface area contributed by atoms with E-state index < -0.39 is 0 Å². The highest BCUT2D eigenvalue weighted by Crippen LogP contribution is 2.27. The van der Waals surface area contributed by atoms with Gasteiger partial charge in [-0.15, -0.1) is 0 Å². The molecule has 0 aromatic heterocycles. The van der Waals surface area contributed by atoms with Gasteiger partial charge >= 0.3 is 0 Å². The molecule has 1 fully saturated rings. The van der Waals surface area contributed by atoms with E-state index in [9.17, 15) is 9.65 Å². The first-order valence-corrected chi connectivity index (χ1v) is 12.9. The molecule has 34 heavy (non-hydrogen) atoms. The van der Waals surface area contributed by atoms with Gasteiger partial charge in [0.15, 0.2) is 0 Å². The Bertz CT molecular complexity index is 916. The van der Waals surface area contributed by atoms with E-state index in [1.807, 2.05) is 13.0 Å². The predicted octanol–water partition coefficient (Wildman–Crippen LogP) is 6.14. The maximum Gasteiger partial charge on any atom is 0.123 e. The van der Waals surface area contributed by atoms with Gasteiger partial charge in [-0.3, -0.25) is 0 Å². The molecule has 0 N–H and O–H groups in total. The summed E-state index contributed by atoms with van der Waals surface area (Å²) in [5, 5.41) is 9.17. The van der Waals surface area contributed by atoms with E-state index in [0.717, 1.165) is 75.4 Å². The van der Waals surface area contributed by atoms with E-state index in [2.05, 4.69) is 41.8 Å². The molecule has 4 nitrogen and oxygen atoms in total. The molecule has 2 atom stereocenters. The Balaban J connectivity index is 1.35. The lowest BCUT2D eigenvalue weighted by Gasteiger charge is -2.35. The van der Waals surface area contributed by atoms with E-state index in [1.54, 1.807) is 12.1 Å². The van der Waals surface area contributed by atoms with Gasteiger partial charge in [-0.05, 0) is 92.9 Å². The second-order valence-corrected chi connectivity index (χ2v) is 9.51. The summed E-state index contributed by atoms with van der Waals surface area (Å²) in [4.78, 5) is 5.14. The molecule has 3 rings (SSSR count). The second kappa shape index (κ2) is 13.5. The number of ether oxygens (including phenoxy) is 1. The van der Waals surface area contributed by atoms with Crippen LogP contribution in [-0.4, -0.2) is 55.2 Å². The molecular formula is C29H40FN3O. The summed E-state index contributed by atoms with van der Waals surface area (Å²) in [6.45, 7) is 13.1. The van der Waals surface area contributed by atoms with Gasteiger partial charge in [-0.2, -0.15) is 5.26 Å². The molecule has 2 aromatic carbocycles. The molecule has 1 heterocycles. The molecule has 2 unspecified atom stereocenters. The van der Waals surface area contributed by atoms with Crippen molar-refractivity contribution in [3.05, 3.63) is 65.0 Å². The standard InChI is InChI=1S/C29H40FN3O/c1-4-24(25-8-9-26(22-31)23(3)21-25)7-6-15-32-17-19-33(20-18-32)16-14-28(5-2)34-29-12-10-27(30)11-13-29/h8-13,21,24,28H,4-7,14-20H2,1-3H3. The van der Waals surface area contributed by atoms with Crippen molar-refractivity contribution in [2.45, 2.75) is 64.9 Å². The van der Waals surface area contributed by atoms with Gasteiger partial charge < -0.3 is 14.5 Å². The van der Waals surface area contributed by atoms with Crippen LogP contribution in [0.4, 0.5) is 4.39 Å². The summed E-state index contributed by atoms with van der Waals surface area (Å²) in [7, 11) is 0. The van der Waals surface area contributed by atoms with Crippen LogP contribution in [0, 0.1) is 24.1 Å². The van der Waals surface area contributed by atoms with Crippen LogP contribution < -0.4 is 4.74 Å². The minimum Gasteiger partial charge on any atom is -0.490 e. The molecule has 2 aromatic rings. The maximum absolute atomic E-state index is 13.1. The molecule has 0 aliphatic carbocycles. The molecular weight excluding hydrogens is 425 g/mol. The molecule has 0 saturated carbocycles. The molecule has 0 radical (unpaired) electrons. The molecule has 5 heteroatoms. The van der Waals surface area contributed by atoms with Gasteiger partial charge in [0.05, 0.1) is 17.7 Å². The number of halogens is 1. The number of piperazine rings is 1. The SMILES string of the molecule is CCC(CCN1CCN(CCCC(CC)c2ccc(C#N)c(C)c2)CC1)Oc1ccc(F)cc1. The highest BCUT2D eigenvalue weighted by Gasteiger charge is 2.19. The predicted molar refractivity (Wildman–Crippen MR) is 137 cm³/mol. The van der Waals surface area contributed by atoms with Gasteiger partial charge in [0, 0.05) is 32.7 Å². The van der Waals surface area contributed by atoms with Crippen molar-refractivity contribution in [1.29, 1.82) is 5.26 Å². The van der Waals surface area contributed by atoms with Crippen LogP contribution in [0.15, 0.2) is 42.5 Å². The number of hydrogen-bond acceptors (Lipinski definition) is 4. The molecule has 0 spiro atoms. The van der Waals surface area contributed by atoms with E-state index in [-0.39, 0.29) is 11.9 Å². The fraction of sp³-hybridized carbons (Fsp3) is 0.552. The quantitative estimate of drug-likeness (QED) is 0.377. The average Bonchev–Trinajstić information content (AvgIpc) is 2.86. The second-order valence-electron chi connectivity index (χ2n) is 9.51. The van der Waals surface area contributed by atoms with Crippen LogP contribution in [0.1, 0.15) is 68.6 Å². The molecule has 1 aliphatic rings. The summed E-state index contributed by atoms with van der Waals surface area (Å²) in [5.41, 5.74) is 3.24. The number of rotatable bonds is 12. The van der Waals surface area contributed by atoms with Crippen LogP contribution in [0.2, 0.25) is 0 Å². The van der Waals surface area contributed by atoms with Crippen LogP contribution in [-0.2, 0) is 0 Å². The van der Waals surface area contributed by atoms with Crippen LogP contribution in [0.5, 0.6) is 5.75 Å². The zero-order valence-corrected chi connectivity index (χ0v) is 21.1. The highest BCUT2D eigenvalue weighted by molar-refractivity contribution is 5.40. The molecule has 1 saturated heterocycles. The van der Waals surface area contributed by atoms with Gasteiger partial charge in [0.1, 0.15) is 11.6 Å².